The van der Waals surface area contributed by atoms with Crippen molar-refractivity contribution in [1.82, 2.24) is 4.90 Å². The number of rotatable bonds is 2. The molecule has 1 saturated heterocycles. The van der Waals surface area contributed by atoms with Crippen molar-refractivity contribution in [2.45, 2.75) is 25.5 Å². The van der Waals surface area contributed by atoms with Crippen LogP contribution in [-0.2, 0) is 4.79 Å². The number of aliphatic carboxylic acids is 1. The molecule has 102 valence electrons. The number of hydrogen-bond acceptors (Lipinski definition) is 3. The van der Waals surface area contributed by atoms with Crippen molar-refractivity contribution >= 4 is 23.5 Å². The van der Waals surface area contributed by atoms with E-state index in [9.17, 15) is 14.7 Å². The summed E-state index contributed by atoms with van der Waals surface area (Å²) in [5.41, 5.74) is 1.17. The van der Waals surface area contributed by atoms with Crippen molar-refractivity contribution in [3.05, 3.63) is 34.3 Å². The van der Waals surface area contributed by atoms with Gasteiger partial charge < -0.3 is 15.1 Å². The molecule has 5 nitrogen and oxygen atoms in total. The monoisotopic (exact) mass is 283 g/mol. The standard InChI is InChI=1S/C13H14ClNO4/c1-7-2-3-8(4-10(7)14)12(17)15-6-9(16)5-11(15)13(18)19/h2-4,9,11,16H,5-6H2,1H3,(H,18,19)/t9-,11+/m1/s1. The van der Waals surface area contributed by atoms with Gasteiger partial charge in [-0.2, -0.15) is 0 Å². The zero-order chi connectivity index (χ0) is 14.2. The van der Waals surface area contributed by atoms with Gasteiger partial charge in [0.15, 0.2) is 0 Å². The van der Waals surface area contributed by atoms with Gasteiger partial charge in [-0.05, 0) is 24.6 Å². The van der Waals surface area contributed by atoms with Gasteiger partial charge in [-0.25, -0.2) is 4.79 Å². The van der Waals surface area contributed by atoms with Crippen LogP contribution in [0.4, 0.5) is 0 Å². The van der Waals surface area contributed by atoms with Gasteiger partial charge in [0.05, 0.1) is 6.10 Å². The topological polar surface area (TPSA) is 77.8 Å². The summed E-state index contributed by atoms with van der Waals surface area (Å²) in [5, 5.41) is 19.1. The number of aliphatic hydroxyl groups excluding tert-OH is 1. The van der Waals surface area contributed by atoms with Crippen LogP contribution in [0.15, 0.2) is 18.2 Å². The van der Waals surface area contributed by atoms with E-state index in [0.717, 1.165) is 5.56 Å². The first-order valence-electron chi connectivity index (χ1n) is 5.88. The van der Waals surface area contributed by atoms with E-state index < -0.39 is 24.0 Å². The molecule has 2 N–H and O–H groups in total. The summed E-state index contributed by atoms with van der Waals surface area (Å²) < 4.78 is 0. The lowest BCUT2D eigenvalue weighted by Gasteiger charge is -2.21. The average molecular weight is 284 g/mol. The molecule has 2 rings (SSSR count). The van der Waals surface area contributed by atoms with Crippen LogP contribution < -0.4 is 0 Å². The minimum absolute atomic E-state index is 0.0291. The van der Waals surface area contributed by atoms with Crippen LogP contribution >= 0.6 is 11.6 Å². The molecule has 2 atom stereocenters. The summed E-state index contributed by atoms with van der Waals surface area (Å²) >= 11 is 5.96. The molecule has 0 aliphatic carbocycles. The number of carboxylic acid groups (broad SMARTS) is 1. The van der Waals surface area contributed by atoms with Crippen LogP contribution in [0.2, 0.25) is 5.02 Å². The van der Waals surface area contributed by atoms with Crippen molar-refractivity contribution in [3.63, 3.8) is 0 Å². The van der Waals surface area contributed by atoms with Gasteiger partial charge in [0.2, 0.25) is 0 Å². The van der Waals surface area contributed by atoms with Gasteiger partial charge in [0.1, 0.15) is 6.04 Å². The summed E-state index contributed by atoms with van der Waals surface area (Å²) in [5.74, 6) is -1.53. The molecule has 1 heterocycles. The van der Waals surface area contributed by atoms with E-state index in [1.54, 1.807) is 12.1 Å². The number of amides is 1. The van der Waals surface area contributed by atoms with Crippen LogP contribution in [0.1, 0.15) is 22.3 Å². The number of likely N-dealkylation sites (tertiary alicyclic amines) is 1. The molecule has 1 aliphatic heterocycles. The molecule has 0 radical (unpaired) electrons. The van der Waals surface area contributed by atoms with E-state index in [0.29, 0.717) is 10.6 Å². The molecule has 0 aromatic heterocycles. The second-order valence-electron chi connectivity index (χ2n) is 4.67. The van der Waals surface area contributed by atoms with Crippen LogP contribution in [0.5, 0.6) is 0 Å². The van der Waals surface area contributed by atoms with Crippen molar-refractivity contribution < 1.29 is 19.8 Å². The molecule has 1 aliphatic rings. The average Bonchev–Trinajstić information content (AvgIpc) is 2.74. The van der Waals surface area contributed by atoms with E-state index in [-0.39, 0.29) is 13.0 Å². The highest BCUT2D eigenvalue weighted by Crippen LogP contribution is 2.23. The molecule has 0 bridgehead atoms. The second-order valence-corrected chi connectivity index (χ2v) is 5.07. The number of β-amino-alcohol motifs (C(OH)–C–C–N with tert-alkyl or cyclic N) is 1. The SMILES string of the molecule is Cc1ccc(C(=O)N2C[C@H](O)C[C@H]2C(=O)O)cc1Cl. The van der Waals surface area contributed by atoms with Crippen molar-refractivity contribution in [2.24, 2.45) is 0 Å². The Kier molecular flexibility index (Phi) is 3.78. The van der Waals surface area contributed by atoms with Crippen LogP contribution in [-0.4, -0.2) is 45.7 Å². The largest absolute Gasteiger partial charge is 0.480 e. The normalized spacial score (nSPS) is 22.6. The molecule has 1 aromatic carbocycles. The highest BCUT2D eigenvalue weighted by atomic mass is 35.5. The second kappa shape index (κ2) is 5.19. The Morgan fingerprint density at radius 1 is 1.42 bits per heavy atom. The van der Waals surface area contributed by atoms with Gasteiger partial charge in [-0.15, -0.1) is 0 Å². The number of halogens is 1. The zero-order valence-corrected chi connectivity index (χ0v) is 11.1. The number of aliphatic hydroxyl groups is 1. The minimum atomic E-state index is -1.11. The minimum Gasteiger partial charge on any atom is -0.480 e. The van der Waals surface area contributed by atoms with Gasteiger partial charge in [-0.1, -0.05) is 17.7 Å². The third-order valence-corrected chi connectivity index (χ3v) is 3.65. The fourth-order valence-electron chi connectivity index (χ4n) is 2.16. The first-order chi connectivity index (χ1) is 8.90. The third kappa shape index (κ3) is 2.72. The Morgan fingerprint density at radius 2 is 2.11 bits per heavy atom. The van der Waals surface area contributed by atoms with E-state index in [4.69, 9.17) is 16.7 Å². The molecule has 6 heteroatoms. The highest BCUT2D eigenvalue weighted by molar-refractivity contribution is 6.31. The third-order valence-electron chi connectivity index (χ3n) is 3.24. The molecule has 19 heavy (non-hydrogen) atoms. The molecule has 1 fully saturated rings. The van der Waals surface area contributed by atoms with E-state index in [1.807, 2.05) is 6.92 Å². The maximum Gasteiger partial charge on any atom is 0.326 e. The summed E-state index contributed by atoms with van der Waals surface area (Å²) in [6, 6.07) is 3.84. The Balaban J connectivity index is 2.27. The summed E-state index contributed by atoms with van der Waals surface area (Å²) in [7, 11) is 0. The van der Waals surface area contributed by atoms with Crippen molar-refractivity contribution in [3.8, 4) is 0 Å². The van der Waals surface area contributed by atoms with Crippen LogP contribution in [0.25, 0.3) is 0 Å². The number of aryl methyl sites for hydroxylation is 1. The van der Waals surface area contributed by atoms with E-state index in [1.165, 1.54) is 11.0 Å². The molecule has 0 unspecified atom stereocenters. The van der Waals surface area contributed by atoms with Crippen molar-refractivity contribution in [1.29, 1.82) is 0 Å². The molecule has 1 aromatic rings. The van der Waals surface area contributed by atoms with E-state index >= 15 is 0 Å². The Labute approximate surface area is 115 Å². The number of carbonyl (C=O) groups is 2. The fourth-order valence-corrected chi connectivity index (χ4v) is 2.34. The number of hydrogen-bond donors (Lipinski definition) is 2. The first-order valence-corrected chi connectivity index (χ1v) is 6.26. The summed E-state index contributed by atoms with van der Waals surface area (Å²) in [4.78, 5) is 24.5. The summed E-state index contributed by atoms with van der Waals surface area (Å²) in [6.45, 7) is 1.84. The molecular weight excluding hydrogens is 270 g/mol. The highest BCUT2D eigenvalue weighted by Gasteiger charge is 2.39. The molecule has 0 spiro atoms. The Hall–Kier alpha value is -1.59. The van der Waals surface area contributed by atoms with Gasteiger partial charge in [0.25, 0.3) is 5.91 Å². The van der Waals surface area contributed by atoms with E-state index in [2.05, 4.69) is 0 Å². The lowest BCUT2D eigenvalue weighted by Crippen LogP contribution is -2.40. The predicted octanol–water partition coefficient (Wildman–Crippen LogP) is 1.31. The number of nitrogens with zero attached hydrogens (tertiary/aromatic N) is 1. The quantitative estimate of drug-likeness (QED) is 0.858. The van der Waals surface area contributed by atoms with Gasteiger partial charge in [0, 0.05) is 23.6 Å². The van der Waals surface area contributed by atoms with Crippen LogP contribution in [0, 0.1) is 6.92 Å². The maximum atomic E-state index is 12.3. The smallest absolute Gasteiger partial charge is 0.326 e. The molecule has 1 amide bonds. The van der Waals surface area contributed by atoms with Gasteiger partial charge >= 0.3 is 5.97 Å². The van der Waals surface area contributed by atoms with Gasteiger partial charge in [-0.3, -0.25) is 4.79 Å². The molecular formula is C13H14ClNO4. The first kappa shape index (κ1) is 13.8. The molecule has 0 saturated carbocycles. The van der Waals surface area contributed by atoms with Crippen molar-refractivity contribution in [2.75, 3.05) is 6.54 Å². The lowest BCUT2D eigenvalue weighted by atomic mass is 10.1. The van der Waals surface area contributed by atoms with Crippen LogP contribution in [0.3, 0.4) is 0 Å². The maximum absolute atomic E-state index is 12.3. The zero-order valence-electron chi connectivity index (χ0n) is 10.3. The Bertz CT molecular complexity index is 531. The number of carbonyl (C=O) groups excluding carboxylic acids is 1. The lowest BCUT2D eigenvalue weighted by molar-refractivity contribution is -0.141. The number of carboxylic acids is 1. The summed E-state index contributed by atoms with van der Waals surface area (Å²) in [6.07, 6.45) is -0.744. The fraction of sp³-hybridized carbons (Fsp3) is 0.385. The number of benzene rings is 1. The predicted molar refractivity (Wildman–Crippen MR) is 69.3 cm³/mol. The Morgan fingerprint density at radius 3 is 2.68 bits per heavy atom.